The molecule has 0 aliphatic rings. The summed E-state index contributed by atoms with van der Waals surface area (Å²) in [5, 5.41) is 6.29. The van der Waals surface area contributed by atoms with E-state index < -0.39 is 0 Å². The van der Waals surface area contributed by atoms with Gasteiger partial charge in [-0.25, -0.2) is 15.0 Å². The van der Waals surface area contributed by atoms with Crippen molar-refractivity contribution in [1.82, 2.24) is 9.97 Å². The van der Waals surface area contributed by atoms with Gasteiger partial charge in [-0.3, -0.25) is 0 Å². The molecule has 1 aromatic heterocycles. The third-order valence-electron chi connectivity index (χ3n) is 5.00. The Bertz CT molecular complexity index is 1200. The van der Waals surface area contributed by atoms with Gasteiger partial charge in [0, 0.05) is 42.4 Å². The molecule has 3 aromatic carbocycles. The van der Waals surface area contributed by atoms with Gasteiger partial charge >= 0.3 is 0 Å². The van der Waals surface area contributed by atoms with E-state index in [-0.39, 0.29) is 0 Å². The molecule has 4 aromatic rings. The first-order chi connectivity index (χ1) is 15.5. The lowest BCUT2D eigenvalue weighted by Crippen LogP contribution is -2.13. The lowest BCUT2D eigenvalue weighted by atomic mass is 10.1. The maximum Gasteiger partial charge on any atom is 0.247 e. The molecule has 32 heavy (non-hydrogen) atoms. The first-order valence-electron chi connectivity index (χ1n) is 10.2. The molecule has 0 bridgehead atoms. The lowest BCUT2D eigenvalue weighted by molar-refractivity contribution is 0.938. The SMILES string of the molecule is CN(C)c1ccc(/C=N\N(C)c2nc(-c3ccccc3)cc(-c3ccc(Br)cc3)n2)cc1. The average Bonchev–Trinajstić information content (AvgIpc) is 2.83. The highest BCUT2D eigenvalue weighted by molar-refractivity contribution is 9.10. The summed E-state index contributed by atoms with van der Waals surface area (Å²) in [5.74, 6) is 0.533. The second-order valence-electron chi connectivity index (χ2n) is 7.57. The zero-order chi connectivity index (χ0) is 22.5. The van der Waals surface area contributed by atoms with E-state index in [9.17, 15) is 0 Å². The van der Waals surface area contributed by atoms with Gasteiger partial charge < -0.3 is 4.90 Å². The third kappa shape index (κ3) is 5.21. The fourth-order valence-corrected chi connectivity index (χ4v) is 3.43. The molecule has 4 rings (SSSR count). The van der Waals surface area contributed by atoms with E-state index in [4.69, 9.17) is 9.97 Å². The summed E-state index contributed by atoms with van der Waals surface area (Å²) in [5.41, 5.74) is 5.91. The molecule has 0 aliphatic heterocycles. The highest BCUT2D eigenvalue weighted by Gasteiger charge is 2.11. The molecular weight excluding hydrogens is 462 g/mol. The first-order valence-corrected chi connectivity index (χ1v) is 11.0. The number of anilines is 2. The van der Waals surface area contributed by atoms with Gasteiger partial charge in [0.1, 0.15) is 0 Å². The zero-order valence-corrected chi connectivity index (χ0v) is 19.9. The minimum absolute atomic E-state index is 0.533. The maximum atomic E-state index is 4.79. The summed E-state index contributed by atoms with van der Waals surface area (Å²) in [6.07, 6.45) is 1.82. The summed E-state index contributed by atoms with van der Waals surface area (Å²) in [6.45, 7) is 0. The van der Waals surface area contributed by atoms with Crippen LogP contribution >= 0.6 is 15.9 Å². The van der Waals surface area contributed by atoms with Crippen molar-refractivity contribution < 1.29 is 0 Å². The highest BCUT2D eigenvalue weighted by atomic mass is 79.9. The molecule has 0 aliphatic carbocycles. The number of benzene rings is 3. The van der Waals surface area contributed by atoms with Crippen LogP contribution in [0.15, 0.2) is 94.5 Å². The number of hydrazone groups is 1. The molecule has 0 unspecified atom stereocenters. The molecule has 0 spiro atoms. The maximum absolute atomic E-state index is 4.79. The van der Waals surface area contributed by atoms with E-state index in [0.717, 1.165) is 38.2 Å². The summed E-state index contributed by atoms with van der Waals surface area (Å²) in [6, 6.07) is 28.5. The topological polar surface area (TPSA) is 44.6 Å². The largest absolute Gasteiger partial charge is 0.378 e. The summed E-state index contributed by atoms with van der Waals surface area (Å²) < 4.78 is 1.03. The number of hydrogen-bond acceptors (Lipinski definition) is 5. The van der Waals surface area contributed by atoms with Gasteiger partial charge in [-0.15, -0.1) is 0 Å². The Morgan fingerprint density at radius 3 is 1.94 bits per heavy atom. The second kappa shape index (κ2) is 9.75. The van der Waals surface area contributed by atoms with Crippen molar-refractivity contribution >= 4 is 33.8 Å². The van der Waals surface area contributed by atoms with Crippen molar-refractivity contribution in [3.05, 3.63) is 95.0 Å². The van der Waals surface area contributed by atoms with Gasteiger partial charge in [0.2, 0.25) is 5.95 Å². The monoisotopic (exact) mass is 485 g/mol. The Labute approximate surface area is 197 Å². The fourth-order valence-electron chi connectivity index (χ4n) is 3.17. The van der Waals surface area contributed by atoms with E-state index >= 15 is 0 Å². The number of halogens is 1. The number of rotatable bonds is 6. The van der Waals surface area contributed by atoms with Gasteiger partial charge in [0.05, 0.1) is 17.6 Å². The van der Waals surface area contributed by atoms with Gasteiger partial charge in [-0.2, -0.15) is 5.10 Å². The smallest absolute Gasteiger partial charge is 0.247 e. The first kappa shape index (κ1) is 21.7. The van der Waals surface area contributed by atoms with Crippen molar-refractivity contribution in [2.24, 2.45) is 5.10 Å². The molecule has 1 heterocycles. The molecule has 0 fully saturated rings. The van der Waals surface area contributed by atoms with Crippen molar-refractivity contribution in [3.8, 4) is 22.5 Å². The Hall–Kier alpha value is -3.51. The molecular formula is C26H24BrN5. The van der Waals surface area contributed by atoms with Crippen molar-refractivity contribution in [2.45, 2.75) is 0 Å². The quantitative estimate of drug-likeness (QED) is 0.244. The standard InChI is InChI=1S/C26H24BrN5/c1-31(2)23-15-9-19(10-16-23)18-28-32(3)26-29-24(20-7-5-4-6-8-20)17-25(30-26)21-11-13-22(27)14-12-21/h4-18H,1-3H3/b28-18-. The molecule has 0 N–H and O–H groups in total. The van der Waals surface area contributed by atoms with Gasteiger partial charge in [-0.1, -0.05) is 70.5 Å². The summed E-state index contributed by atoms with van der Waals surface area (Å²) in [4.78, 5) is 11.6. The van der Waals surface area contributed by atoms with Gasteiger partial charge in [0.25, 0.3) is 0 Å². The minimum atomic E-state index is 0.533. The molecule has 0 amide bonds. The van der Waals surface area contributed by atoms with E-state index in [0.29, 0.717) is 5.95 Å². The summed E-state index contributed by atoms with van der Waals surface area (Å²) >= 11 is 3.50. The molecule has 0 radical (unpaired) electrons. The molecule has 0 atom stereocenters. The van der Waals surface area contributed by atoms with Crippen LogP contribution in [0.2, 0.25) is 0 Å². The predicted molar refractivity (Wildman–Crippen MR) is 137 cm³/mol. The fraction of sp³-hybridized carbons (Fsp3) is 0.115. The molecule has 160 valence electrons. The van der Waals surface area contributed by atoms with E-state index in [1.54, 1.807) is 5.01 Å². The Balaban J connectivity index is 1.68. The van der Waals surface area contributed by atoms with E-state index in [2.05, 4.69) is 38.1 Å². The molecule has 0 saturated heterocycles. The van der Waals surface area contributed by atoms with Crippen LogP contribution in [0.1, 0.15) is 5.56 Å². The predicted octanol–water partition coefficient (Wildman–Crippen LogP) is 6.11. The minimum Gasteiger partial charge on any atom is -0.378 e. The normalized spacial score (nSPS) is 11.0. The van der Waals surface area contributed by atoms with Gasteiger partial charge in [-0.05, 0) is 35.9 Å². The average molecular weight is 486 g/mol. The Morgan fingerprint density at radius 2 is 1.34 bits per heavy atom. The number of aromatic nitrogens is 2. The van der Waals surface area contributed by atoms with Gasteiger partial charge in [0.15, 0.2) is 0 Å². The number of nitrogens with zero attached hydrogens (tertiary/aromatic N) is 5. The van der Waals surface area contributed by atoms with E-state index in [1.165, 1.54) is 0 Å². The van der Waals surface area contributed by atoms with Crippen LogP contribution < -0.4 is 9.91 Å². The second-order valence-corrected chi connectivity index (χ2v) is 8.48. The van der Waals surface area contributed by atoms with Crippen LogP contribution in [0, 0.1) is 0 Å². The Kier molecular flexibility index (Phi) is 6.61. The van der Waals surface area contributed by atoms with Crippen LogP contribution in [0.4, 0.5) is 11.6 Å². The van der Waals surface area contributed by atoms with Crippen molar-refractivity contribution in [2.75, 3.05) is 31.1 Å². The van der Waals surface area contributed by atoms with E-state index in [1.807, 2.05) is 100 Å². The third-order valence-corrected chi connectivity index (χ3v) is 5.53. The van der Waals surface area contributed by atoms with Crippen LogP contribution in [0.25, 0.3) is 22.5 Å². The van der Waals surface area contributed by atoms with Crippen LogP contribution in [0.5, 0.6) is 0 Å². The van der Waals surface area contributed by atoms with Crippen LogP contribution in [-0.4, -0.2) is 37.3 Å². The zero-order valence-electron chi connectivity index (χ0n) is 18.3. The Morgan fingerprint density at radius 1 is 0.750 bits per heavy atom. The van der Waals surface area contributed by atoms with Crippen molar-refractivity contribution in [3.63, 3.8) is 0 Å². The number of hydrogen-bond donors (Lipinski definition) is 0. The van der Waals surface area contributed by atoms with Crippen LogP contribution in [-0.2, 0) is 0 Å². The molecule has 6 heteroatoms. The van der Waals surface area contributed by atoms with Crippen LogP contribution in [0.3, 0.4) is 0 Å². The molecule has 5 nitrogen and oxygen atoms in total. The lowest BCUT2D eigenvalue weighted by Gasteiger charge is -2.15. The summed E-state index contributed by atoms with van der Waals surface area (Å²) in [7, 11) is 5.91. The highest BCUT2D eigenvalue weighted by Crippen LogP contribution is 2.27. The molecule has 0 saturated carbocycles. The van der Waals surface area contributed by atoms with Crippen molar-refractivity contribution in [1.29, 1.82) is 0 Å².